The third kappa shape index (κ3) is 7.45. The van der Waals surface area contributed by atoms with Crippen molar-refractivity contribution in [2.24, 2.45) is 11.8 Å². The van der Waals surface area contributed by atoms with Crippen LogP contribution in [-0.2, 0) is 16.0 Å². The molecule has 2 amide bonds. The highest BCUT2D eigenvalue weighted by atomic mass is 32.1. The van der Waals surface area contributed by atoms with Crippen molar-refractivity contribution in [3.05, 3.63) is 71.7 Å². The number of hydrogen-bond acceptors (Lipinski definition) is 13. The number of piperidine rings is 2. The van der Waals surface area contributed by atoms with E-state index < -0.39 is 0 Å². The van der Waals surface area contributed by atoms with Crippen molar-refractivity contribution in [1.82, 2.24) is 40.0 Å². The largest absolute Gasteiger partial charge is 0.357 e. The van der Waals surface area contributed by atoms with Crippen LogP contribution in [-0.4, -0.2) is 91.3 Å². The first kappa shape index (κ1) is 36.8. The molecule has 0 aromatic carbocycles. The van der Waals surface area contributed by atoms with Crippen molar-refractivity contribution in [2.45, 2.75) is 76.3 Å². The van der Waals surface area contributed by atoms with Gasteiger partial charge in [0.15, 0.2) is 5.01 Å². The predicted molar refractivity (Wildman–Crippen MR) is 215 cm³/mol. The summed E-state index contributed by atoms with van der Waals surface area (Å²) in [6.45, 7) is 6.89. The van der Waals surface area contributed by atoms with E-state index in [1.807, 2.05) is 43.5 Å². The van der Waals surface area contributed by atoms with E-state index in [0.717, 1.165) is 102 Å². The first-order chi connectivity index (χ1) is 27.8. The van der Waals surface area contributed by atoms with Crippen molar-refractivity contribution in [3.63, 3.8) is 0 Å². The number of pyridine rings is 2. The van der Waals surface area contributed by atoms with Crippen molar-refractivity contribution in [3.8, 4) is 34.1 Å². The number of amides is 2. The third-order valence-electron chi connectivity index (χ3n) is 12.3. The molecular weight excluding hydrogens is 737 g/mol. The van der Waals surface area contributed by atoms with Crippen LogP contribution in [0, 0.1) is 34.5 Å². The van der Waals surface area contributed by atoms with Gasteiger partial charge in [0.2, 0.25) is 16.9 Å². The lowest BCUT2D eigenvalue weighted by atomic mass is 9.91. The fraction of sp³-hybridized carbons (Fsp3) is 0.452. The number of nitrogens with one attached hydrogen (secondary N) is 1. The molecule has 290 valence electrons. The van der Waals surface area contributed by atoms with Crippen LogP contribution in [0.2, 0.25) is 0 Å². The second-order valence-electron chi connectivity index (χ2n) is 16.0. The van der Waals surface area contributed by atoms with Crippen molar-refractivity contribution in [1.29, 1.82) is 10.5 Å². The number of piperazine rings is 1. The fourth-order valence-corrected chi connectivity index (χ4v) is 9.98. The Morgan fingerprint density at radius 2 is 1.75 bits per heavy atom. The molecule has 0 spiro atoms. The Morgan fingerprint density at radius 1 is 0.930 bits per heavy atom. The molecule has 15 heteroatoms. The van der Waals surface area contributed by atoms with Gasteiger partial charge in [-0.25, -0.2) is 9.50 Å². The smallest absolute Gasteiger partial charge is 0.234 e. The fourth-order valence-electron chi connectivity index (χ4n) is 9.07. The van der Waals surface area contributed by atoms with E-state index in [0.29, 0.717) is 42.8 Å². The summed E-state index contributed by atoms with van der Waals surface area (Å²) < 4.78 is 1.80. The molecule has 57 heavy (non-hydrogen) atoms. The van der Waals surface area contributed by atoms with Gasteiger partial charge >= 0.3 is 0 Å². The zero-order valence-corrected chi connectivity index (χ0v) is 32.7. The zero-order valence-electron chi connectivity index (χ0n) is 31.9. The summed E-state index contributed by atoms with van der Waals surface area (Å²) in [4.78, 5) is 41.0. The summed E-state index contributed by atoms with van der Waals surface area (Å²) >= 11 is 1.62. The Labute approximate surface area is 335 Å². The Hall–Kier alpha value is -5.77. The summed E-state index contributed by atoms with van der Waals surface area (Å²) in [6, 6.07) is 17.3. The van der Waals surface area contributed by atoms with Gasteiger partial charge in [0.1, 0.15) is 11.9 Å². The van der Waals surface area contributed by atoms with Crippen LogP contribution in [0.3, 0.4) is 0 Å². The molecule has 4 aliphatic rings. The number of fused-ring (bicyclic) bond motifs is 3. The number of aromatic nitrogens is 6. The minimum atomic E-state index is -0.310. The molecule has 4 fully saturated rings. The van der Waals surface area contributed by atoms with Gasteiger partial charge in [-0.05, 0) is 99.2 Å². The second-order valence-corrected chi connectivity index (χ2v) is 16.9. The summed E-state index contributed by atoms with van der Waals surface area (Å²) in [5, 5.41) is 37.0. The molecule has 4 aliphatic heterocycles. The molecule has 9 rings (SSSR count). The Morgan fingerprint density at radius 3 is 2.49 bits per heavy atom. The standard InChI is InChI=1S/C42H44N12O2S/c1-26(18-43)2-3-29-17-36(37-9-7-31-16-28(19-44)20-47-54(31)37)45-22-35(29)41-49-50-42(57-41)52-24-32-5-6-33(25-52)53(32)23-27-12-14-51(15-13-27)38-10-4-30(21-46-38)34-8-11-39(55)48-40(34)56/h4,7,9-10,16-17,20-22,26-27,32-34H,2-3,5-6,8,11-15,23-25H2,1H3,(H,48,55,56)/t26-,32?,33?,34+/m1/s1. The van der Waals surface area contributed by atoms with Gasteiger partial charge in [0, 0.05) is 75.1 Å². The highest BCUT2D eigenvalue weighted by Crippen LogP contribution is 2.39. The average Bonchev–Trinajstić information content (AvgIpc) is 3.95. The van der Waals surface area contributed by atoms with E-state index in [1.54, 1.807) is 28.2 Å². The minimum absolute atomic E-state index is 0.0816. The highest BCUT2D eigenvalue weighted by Gasteiger charge is 2.42. The number of carbonyl (C=O) groups is 2. The van der Waals surface area contributed by atoms with Gasteiger partial charge < -0.3 is 9.80 Å². The van der Waals surface area contributed by atoms with Crippen LogP contribution in [0.15, 0.2) is 55.0 Å². The van der Waals surface area contributed by atoms with Gasteiger partial charge in [-0.15, -0.1) is 10.2 Å². The van der Waals surface area contributed by atoms with Crippen molar-refractivity contribution >= 4 is 39.6 Å². The first-order valence-corrected chi connectivity index (χ1v) is 20.8. The quantitative estimate of drug-likeness (QED) is 0.180. The maximum Gasteiger partial charge on any atom is 0.234 e. The molecule has 0 aliphatic carbocycles. The van der Waals surface area contributed by atoms with Gasteiger partial charge in [-0.2, -0.15) is 15.6 Å². The Balaban J connectivity index is 0.837. The summed E-state index contributed by atoms with van der Waals surface area (Å²) in [5.74, 6) is 0.773. The molecule has 4 saturated heterocycles. The third-order valence-corrected chi connectivity index (χ3v) is 13.3. The van der Waals surface area contributed by atoms with Crippen LogP contribution in [0.1, 0.15) is 74.5 Å². The lowest BCUT2D eigenvalue weighted by molar-refractivity contribution is -0.134. The van der Waals surface area contributed by atoms with E-state index in [9.17, 15) is 20.1 Å². The summed E-state index contributed by atoms with van der Waals surface area (Å²) in [5.41, 5.74) is 5.83. The molecule has 14 nitrogen and oxygen atoms in total. The van der Waals surface area contributed by atoms with E-state index in [2.05, 4.69) is 43.3 Å². The highest BCUT2D eigenvalue weighted by molar-refractivity contribution is 7.18. The molecule has 2 unspecified atom stereocenters. The molecule has 0 saturated carbocycles. The van der Waals surface area contributed by atoms with Gasteiger partial charge in [0.05, 0.1) is 40.7 Å². The lowest BCUT2D eigenvalue weighted by Crippen LogP contribution is -2.55. The van der Waals surface area contributed by atoms with E-state index in [1.165, 1.54) is 12.8 Å². The lowest BCUT2D eigenvalue weighted by Gasteiger charge is -2.43. The Kier molecular flexibility index (Phi) is 10.1. The number of nitrogens with zero attached hydrogens (tertiary/aromatic N) is 11. The van der Waals surface area contributed by atoms with Crippen molar-refractivity contribution in [2.75, 3.05) is 42.5 Å². The first-order valence-electron chi connectivity index (χ1n) is 20.0. The van der Waals surface area contributed by atoms with Crippen LogP contribution < -0.4 is 15.1 Å². The van der Waals surface area contributed by atoms with Crippen LogP contribution in [0.5, 0.6) is 0 Å². The molecule has 5 aromatic heterocycles. The zero-order chi connectivity index (χ0) is 39.0. The number of hydrogen-bond donors (Lipinski definition) is 1. The summed E-state index contributed by atoms with van der Waals surface area (Å²) in [7, 11) is 0. The Bertz CT molecular complexity index is 2370. The number of aryl methyl sites for hydroxylation is 1. The monoisotopic (exact) mass is 780 g/mol. The topological polar surface area (TPSA) is 172 Å². The number of carbonyl (C=O) groups excluding carboxylic acids is 2. The van der Waals surface area contributed by atoms with Gasteiger partial charge in [-0.1, -0.05) is 17.4 Å². The van der Waals surface area contributed by atoms with Crippen LogP contribution in [0.25, 0.3) is 27.5 Å². The van der Waals surface area contributed by atoms with Crippen molar-refractivity contribution < 1.29 is 9.59 Å². The van der Waals surface area contributed by atoms with Gasteiger partial charge in [-0.3, -0.25) is 24.8 Å². The SMILES string of the molecule is C[C@@H](C#N)CCc1cc(-c2ccc3cc(C#N)cnn23)ncc1-c1nnc(N2CC3CCC(C2)N3CC2CCN(c3ccc([C@@H]4CCC(=O)NC4=O)cn3)CC2)s1. The summed E-state index contributed by atoms with van der Waals surface area (Å²) in [6.07, 6.45) is 12.2. The number of nitriles is 2. The molecule has 5 aromatic rings. The van der Waals surface area contributed by atoms with Crippen LogP contribution in [0.4, 0.5) is 10.9 Å². The van der Waals surface area contributed by atoms with Crippen LogP contribution >= 0.6 is 11.3 Å². The van der Waals surface area contributed by atoms with E-state index >= 15 is 0 Å². The molecular formula is C42H44N12O2S. The molecule has 0 radical (unpaired) electrons. The second kappa shape index (κ2) is 15.6. The maximum absolute atomic E-state index is 12.3. The molecule has 2 bridgehead atoms. The maximum atomic E-state index is 12.3. The van der Waals surface area contributed by atoms with Gasteiger partial charge in [0.25, 0.3) is 0 Å². The van der Waals surface area contributed by atoms with E-state index in [-0.39, 0.29) is 23.7 Å². The number of rotatable bonds is 10. The average molecular weight is 781 g/mol. The number of imide groups is 1. The normalized spacial score (nSPS) is 22.1. The van der Waals surface area contributed by atoms with E-state index in [4.69, 9.17) is 20.2 Å². The predicted octanol–water partition coefficient (Wildman–Crippen LogP) is 5.36. The number of anilines is 2. The molecule has 1 N–H and O–H groups in total. The molecule has 9 heterocycles. The molecule has 4 atom stereocenters. The minimum Gasteiger partial charge on any atom is -0.357 e.